The van der Waals surface area contributed by atoms with Gasteiger partial charge >= 0.3 is 11.8 Å². The molecular weight excluding hydrogens is 352 g/mol. The van der Waals surface area contributed by atoms with Gasteiger partial charge in [-0.25, -0.2) is 4.98 Å². The van der Waals surface area contributed by atoms with E-state index in [9.17, 15) is 9.59 Å². The molecule has 28 heavy (non-hydrogen) atoms. The van der Waals surface area contributed by atoms with Crippen LogP contribution in [0.5, 0.6) is 0 Å². The molecule has 1 aliphatic rings. The van der Waals surface area contributed by atoms with Crippen LogP contribution in [0.2, 0.25) is 0 Å². The highest BCUT2D eigenvalue weighted by Crippen LogP contribution is 2.19. The van der Waals surface area contributed by atoms with Crippen LogP contribution in [0.3, 0.4) is 0 Å². The Balaban J connectivity index is 1.35. The fraction of sp³-hybridized carbons (Fsp3) is 0.409. The number of hydrogen-bond donors (Lipinski definition) is 2. The lowest BCUT2D eigenvalue weighted by Crippen LogP contribution is -2.40. The number of aryl methyl sites for hydroxylation is 1. The molecule has 0 fully saturated rings. The van der Waals surface area contributed by atoms with Gasteiger partial charge in [0.25, 0.3) is 0 Å². The predicted molar refractivity (Wildman–Crippen MR) is 109 cm³/mol. The molecule has 2 N–H and O–H groups in total. The Hall–Kier alpha value is -2.89. The topological polar surface area (TPSA) is 76.0 Å². The maximum atomic E-state index is 11.9. The van der Waals surface area contributed by atoms with Crippen molar-refractivity contribution in [1.29, 1.82) is 0 Å². The van der Waals surface area contributed by atoms with E-state index >= 15 is 0 Å². The van der Waals surface area contributed by atoms with Gasteiger partial charge in [-0.2, -0.15) is 0 Å². The van der Waals surface area contributed by atoms with Gasteiger partial charge in [-0.15, -0.1) is 0 Å². The molecule has 0 saturated carbocycles. The Morgan fingerprint density at radius 3 is 2.57 bits per heavy atom. The maximum absolute atomic E-state index is 11.9. The Labute approximate surface area is 166 Å². The molecule has 0 spiro atoms. The van der Waals surface area contributed by atoms with Crippen LogP contribution in [0.1, 0.15) is 38.5 Å². The molecule has 0 bridgehead atoms. The number of aromatic nitrogens is 2. The van der Waals surface area contributed by atoms with Gasteiger partial charge in [0.1, 0.15) is 5.82 Å². The Bertz CT molecular complexity index is 811. The zero-order chi connectivity index (χ0) is 19.6. The lowest BCUT2D eigenvalue weighted by Gasteiger charge is -2.13. The third-order valence-corrected chi connectivity index (χ3v) is 4.93. The van der Waals surface area contributed by atoms with Crippen LogP contribution in [0.15, 0.2) is 54.4 Å². The summed E-state index contributed by atoms with van der Waals surface area (Å²) < 4.78 is 2.06. The van der Waals surface area contributed by atoms with Crippen molar-refractivity contribution in [2.75, 3.05) is 13.1 Å². The second-order valence-electron chi connectivity index (χ2n) is 7.03. The minimum atomic E-state index is -0.563. The van der Waals surface area contributed by atoms with Gasteiger partial charge in [0, 0.05) is 37.6 Å². The average Bonchev–Trinajstić information content (AvgIpc) is 3.21. The van der Waals surface area contributed by atoms with Crippen molar-refractivity contribution in [3.8, 4) is 11.4 Å². The highest BCUT2D eigenvalue weighted by molar-refractivity contribution is 6.35. The largest absolute Gasteiger partial charge is 0.348 e. The van der Waals surface area contributed by atoms with Gasteiger partial charge in [0.05, 0.1) is 0 Å². The van der Waals surface area contributed by atoms with E-state index in [0.717, 1.165) is 43.6 Å². The van der Waals surface area contributed by atoms with Gasteiger partial charge in [0.2, 0.25) is 0 Å². The minimum Gasteiger partial charge on any atom is -0.348 e. The van der Waals surface area contributed by atoms with Gasteiger partial charge in [-0.1, -0.05) is 42.0 Å². The number of hydrogen-bond acceptors (Lipinski definition) is 3. The van der Waals surface area contributed by atoms with Crippen LogP contribution in [0.25, 0.3) is 11.4 Å². The number of nitrogens with one attached hydrogen (secondary N) is 2. The van der Waals surface area contributed by atoms with E-state index in [4.69, 9.17) is 0 Å². The maximum Gasteiger partial charge on any atom is 0.309 e. The number of imidazole rings is 1. The first-order chi connectivity index (χ1) is 13.7. The molecular formula is C22H28N4O2. The van der Waals surface area contributed by atoms with E-state index in [-0.39, 0.29) is 0 Å². The van der Waals surface area contributed by atoms with Crippen LogP contribution >= 0.6 is 0 Å². The number of carbonyl (C=O) groups excluding carboxylic acids is 2. The van der Waals surface area contributed by atoms with Crippen molar-refractivity contribution >= 4 is 11.8 Å². The molecule has 3 rings (SSSR count). The molecule has 2 aromatic rings. The minimum absolute atomic E-state index is 0.448. The molecule has 0 unspecified atom stereocenters. The smallest absolute Gasteiger partial charge is 0.309 e. The number of allylic oxidation sites excluding steroid dienone is 1. The van der Waals surface area contributed by atoms with Gasteiger partial charge in [0.15, 0.2) is 0 Å². The summed E-state index contributed by atoms with van der Waals surface area (Å²) in [6, 6.07) is 9.99. The van der Waals surface area contributed by atoms with Crippen molar-refractivity contribution < 1.29 is 9.59 Å². The molecule has 0 aliphatic heterocycles. The second kappa shape index (κ2) is 10.4. The van der Waals surface area contributed by atoms with Crippen molar-refractivity contribution in [2.24, 2.45) is 0 Å². The Morgan fingerprint density at radius 2 is 1.82 bits per heavy atom. The molecule has 2 amide bonds. The quantitative estimate of drug-likeness (QED) is 0.420. The summed E-state index contributed by atoms with van der Waals surface area (Å²) in [7, 11) is 0. The van der Waals surface area contributed by atoms with Gasteiger partial charge < -0.3 is 15.2 Å². The lowest BCUT2D eigenvalue weighted by molar-refractivity contribution is -0.139. The zero-order valence-corrected chi connectivity index (χ0v) is 16.2. The lowest BCUT2D eigenvalue weighted by atomic mass is 9.97. The number of carbonyl (C=O) groups is 2. The molecule has 0 radical (unpaired) electrons. The Morgan fingerprint density at radius 1 is 1.04 bits per heavy atom. The van der Waals surface area contributed by atoms with E-state index in [2.05, 4.69) is 26.3 Å². The summed E-state index contributed by atoms with van der Waals surface area (Å²) >= 11 is 0. The van der Waals surface area contributed by atoms with E-state index in [1.165, 1.54) is 18.4 Å². The molecule has 6 nitrogen and oxygen atoms in total. The van der Waals surface area contributed by atoms with Crippen LogP contribution in [0, 0.1) is 0 Å². The average molecular weight is 380 g/mol. The number of nitrogens with zero attached hydrogens (tertiary/aromatic N) is 2. The summed E-state index contributed by atoms with van der Waals surface area (Å²) in [6.45, 7) is 1.69. The van der Waals surface area contributed by atoms with E-state index in [1.54, 1.807) is 6.20 Å². The van der Waals surface area contributed by atoms with E-state index < -0.39 is 11.8 Å². The second-order valence-corrected chi connectivity index (χ2v) is 7.03. The summed E-state index contributed by atoms with van der Waals surface area (Å²) in [5.74, 6) is -0.211. The Kier molecular flexibility index (Phi) is 7.41. The standard InChI is InChI=1S/C22H28N4O2/c27-21(22(28)25-14-12-18-8-3-1-4-9-18)24-13-7-16-26-17-15-23-20(26)19-10-5-2-6-11-19/h2,5-6,8,10-11,15,17H,1,3-4,7,9,12-14,16H2,(H,24,27)(H,25,28). The first-order valence-electron chi connectivity index (χ1n) is 10.0. The van der Waals surface area contributed by atoms with Crippen LogP contribution in [-0.4, -0.2) is 34.5 Å². The van der Waals surface area contributed by atoms with Crippen molar-refractivity contribution in [2.45, 2.75) is 45.1 Å². The van der Waals surface area contributed by atoms with E-state index in [0.29, 0.717) is 13.1 Å². The van der Waals surface area contributed by atoms with Gasteiger partial charge in [-0.3, -0.25) is 9.59 Å². The first kappa shape index (κ1) is 19.9. The highest BCUT2D eigenvalue weighted by atomic mass is 16.2. The molecule has 1 aromatic heterocycles. The summed E-state index contributed by atoms with van der Waals surface area (Å²) in [5.41, 5.74) is 2.45. The predicted octanol–water partition coefficient (Wildman–Crippen LogP) is 3.06. The summed E-state index contributed by atoms with van der Waals surface area (Å²) in [4.78, 5) is 28.2. The van der Waals surface area contributed by atoms with Gasteiger partial charge in [-0.05, 0) is 38.5 Å². The third-order valence-electron chi connectivity index (χ3n) is 4.93. The van der Waals surface area contributed by atoms with Crippen LogP contribution in [-0.2, 0) is 16.1 Å². The molecule has 0 saturated heterocycles. The summed E-state index contributed by atoms with van der Waals surface area (Å²) in [5, 5.41) is 5.40. The monoisotopic (exact) mass is 380 g/mol. The zero-order valence-electron chi connectivity index (χ0n) is 16.2. The molecule has 1 aliphatic carbocycles. The first-order valence-corrected chi connectivity index (χ1v) is 10.0. The molecule has 1 heterocycles. The number of benzene rings is 1. The third kappa shape index (κ3) is 5.81. The molecule has 6 heteroatoms. The molecule has 148 valence electrons. The van der Waals surface area contributed by atoms with Crippen LogP contribution < -0.4 is 10.6 Å². The highest BCUT2D eigenvalue weighted by Gasteiger charge is 2.13. The number of amides is 2. The van der Waals surface area contributed by atoms with Crippen molar-refractivity contribution in [3.05, 3.63) is 54.4 Å². The fourth-order valence-corrected chi connectivity index (χ4v) is 3.42. The van der Waals surface area contributed by atoms with Crippen molar-refractivity contribution in [1.82, 2.24) is 20.2 Å². The SMILES string of the molecule is O=C(NCCCn1ccnc1-c1ccccc1)C(=O)NCCC1=CCCCC1. The van der Waals surface area contributed by atoms with Crippen molar-refractivity contribution in [3.63, 3.8) is 0 Å². The molecule has 1 aromatic carbocycles. The molecule has 0 atom stereocenters. The summed E-state index contributed by atoms with van der Waals surface area (Å²) in [6.07, 6.45) is 12.2. The van der Waals surface area contributed by atoms with E-state index in [1.807, 2.05) is 36.5 Å². The number of rotatable bonds is 8. The van der Waals surface area contributed by atoms with Crippen LogP contribution in [0.4, 0.5) is 0 Å². The normalized spacial score (nSPS) is 13.6. The fourth-order valence-electron chi connectivity index (χ4n) is 3.42.